The van der Waals surface area contributed by atoms with Gasteiger partial charge in [-0.05, 0) is 30.4 Å². The fourth-order valence-corrected chi connectivity index (χ4v) is 4.46. The molecule has 2 aromatic carbocycles. The van der Waals surface area contributed by atoms with E-state index in [9.17, 15) is 25.0 Å². The van der Waals surface area contributed by atoms with Gasteiger partial charge in [0.1, 0.15) is 12.1 Å². The number of carbonyl (C=O) groups excluding carboxylic acids is 1. The van der Waals surface area contributed by atoms with Crippen molar-refractivity contribution in [1.29, 1.82) is 0 Å². The molecule has 0 spiro atoms. The van der Waals surface area contributed by atoms with Gasteiger partial charge in [-0.2, -0.15) is 0 Å². The smallest absolute Gasteiger partial charge is 0.426 e. The molecule has 0 saturated carbocycles. The number of benzene rings is 2. The molecule has 0 aromatic heterocycles. The van der Waals surface area contributed by atoms with E-state index in [4.69, 9.17) is 0 Å². The van der Waals surface area contributed by atoms with Crippen molar-refractivity contribution in [2.24, 2.45) is 5.92 Å². The first-order valence-electron chi connectivity index (χ1n) is 10.9. The van der Waals surface area contributed by atoms with Crippen LogP contribution in [0.1, 0.15) is 48.9 Å². The summed E-state index contributed by atoms with van der Waals surface area (Å²) in [6, 6.07) is 13.8. The first-order valence-corrected chi connectivity index (χ1v) is 10.9. The number of rotatable bonds is 8. The van der Waals surface area contributed by atoms with Crippen molar-refractivity contribution >= 4 is 13.0 Å². The fraction of sp³-hybridized carbons (Fsp3) is 0.435. The predicted octanol–water partition coefficient (Wildman–Crippen LogP) is 1.98. The number of nitro groups is 1. The van der Waals surface area contributed by atoms with Crippen LogP contribution in [0.15, 0.2) is 54.6 Å². The molecule has 1 aliphatic heterocycles. The minimum absolute atomic E-state index is 0.120. The summed E-state index contributed by atoms with van der Waals surface area (Å²) in [5, 5.41) is 37.6. The summed E-state index contributed by atoms with van der Waals surface area (Å²) < 4.78 is 0. The highest BCUT2D eigenvalue weighted by atomic mass is 16.6. The van der Waals surface area contributed by atoms with Gasteiger partial charge in [-0.25, -0.2) is 0 Å². The van der Waals surface area contributed by atoms with Crippen molar-refractivity contribution in [3.05, 3.63) is 81.4 Å². The molecule has 1 amide bonds. The number of amides is 1. The summed E-state index contributed by atoms with van der Waals surface area (Å²) in [5.41, 5.74) is 2.43. The summed E-state index contributed by atoms with van der Waals surface area (Å²) in [6.07, 6.45) is 0.367. The Morgan fingerprint density at radius 1 is 1.12 bits per heavy atom. The molecule has 32 heavy (non-hydrogen) atoms. The van der Waals surface area contributed by atoms with Crippen molar-refractivity contribution in [1.82, 2.24) is 10.6 Å². The highest BCUT2D eigenvalue weighted by Crippen LogP contribution is 2.40. The monoisotopic (exact) mass is 439 g/mol. The number of carbonyl (C=O) groups is 1. The van der Waals surface area contributed by atoms with E-state index in [1.807, 2.05) is 63.2 Å². The molecule has 1 saturated heterocycles. The third kappa shape index (κ3) is 5.35. The number of hydrogen-bond acceptors (Lipinski definition) is 6. The second-order valence-electron chi connectivity index (χ2n) is 8.90. The molecule has 0 radical (unpaired) electrons. The van der Waals surface area contributed by atoms with E-state index in [2.05, 4.69) is 10.6 Å². The number of nitrogens with zero attached hydrogens (tertiary/aromatic N) is 1. The Bertz CT molecular complexity index is 923. The Morgan fingerprint density at radius 3 is 2.28 bits per heavy atom. The van der Waals surface area contributed by atoms with Crippen LogP contribution in [0.3, 0.4) is 0 Å². The van der Waals surface area contributed by atoms with Crippen LogP contribution in [-0.2, 0) is 4.79 Å². The zero-order chi connectivity index (χ0) is 23.4. The second-order valence-corrected chi connectivity index (χ2v) is 8.90. The third-order valence-corrected chi connectivity index (χ3v) is 5.99. The molecule has 1 aliphatic rings. The standard InChI is InChI=1S/C23H30BN3O5/c1-14(2)13-18(24(29)30)25-23(28)21-19(16-11-9-15(3)10-12-16)22(27(31)32)20(26-21)17-7-5-4-6-8-17/h4-12,14,18-22,26,29-30H,13H2,1-3H3,(H,25,28)/t18?,19-,20-,21-,22+/m1/s1. The lowest BCUT2D eigenvalue weighted by molar-refractivity contribution is -0.527. The van der Waals surface area contributed by atoms with E-state index in [0.717, 1.165) is 11.1 Å². The van der Waals surface area contributed by atoms with E-state index in [-0.39, 0.29) is 10.8 Å². The van der Waals surface area contributed by atoms with Gasteiger partial charge < -0.3 is 15.4 Å². The molecular weight excluding hydrogens is 409 g/mol. The normalized spacial score (nSPS) is 23.7. The van der Waals surface area contributed by atoms with Crippen molar-refractivity contribution in [2.45, 2.75) is 57.2 Å². The molecule has 3 rings (SSSR count). The zero-order valence-corrected chi connectivity index (χ0v) is 18.5. The van der Waals surface area contributed by atoms with Gasteiger partial charge in [0, 0.05) is 4.92 Å². The Labute approximate surface area is 188 Å². The summed E-state index contributed by atoms with van der Waals surface area (Å²) in [7, 11) is -1.73. The first kappa shape index (κ1) is 23.9. The minimum Gasteiger partial charge on any atom is -0.426 e. The summed E-state index contributed by atoms with van der Waals surface area (Å²) in [4.78, 5) is 25.2. The maximum atomic E-state index is 13.3. The molecular formula is C23H30BN3O5. The number of hydrogen-bond donors (Lipinski definition) is 4. The molecule has 2 aromatic rings. The van der Waals surface area contributed by atoms with Crippen LogP contribution in [0.5, 0.6) is 0 Å². The molecule has 9 heteroatoms. The van der Waals surface area contributed by atoms with Crippen LogP contribution in [-0.4, -0.2) is 46.0 Å². The Hall–Kier alpha value is -2.75. The molecule has 1 heterocycles. The van der Waals surface area contributed by atoms with Crippen LogP contribution >= 0.6 is 0 Å². The zero-order valence-electron chi connectivity index (χ0n) is 18.5. The van der Waals surface area contributed by atoms with Crippen molar-refractivity contribution in [2.75, 3.05) is 0 Å². The van der Waals surface area contributed by atoms with Gasteiger partial charge in [0.05, 0.1) is 11.9 Å². The molecule has 8 nitrogen and oxygen atoms in total. The van der Waals surface area contributed by atoms with Crippen molar-refractivity contribution in [3.63, 3.8) is 0 Å². The Kier molecular flexibility index (Phi) is 7.66. The van der Waals surface area contributed by atoms with E-state index in [1.165, 1.54) is 0 Å². The van der Waals surface area contributed by atoms with Gasteiger partial charge in [0.2, 0.25) is 11.9 Å². The van der Waals surface area contributed by atoms with Gasteiger partial charge in [-0.3, -0.25) is 20.2 Å². The highest BCUT2D eigenvalue weighted by molar-refractivity contribution is 6.43. The lowest BCUT2D eigenvalue weighted by Gasteiger charge is -2.24. The maximum absolute atomic E-state index is 13.3. The predicted molar refractivity (Wildman–Crippen MR) is 122 cm³/mol. The lowest BCUT2D eigenvalue weighted by Crippen LogP contribution is -2.53. The van der Waals surface area contributed by atoms with Crippen LogP contribution in [0.25, 0.3) is 0 Å². The lowest BCUT2D eigenvalue weighted by atomic mass is 9.74. The Morgan fingerprint density at radius 2 is 1.75 bits per heavy atom. The van der Waals surface area contributed by atoms with Crippen LogP contribution in [0.4, 0.5) is 0 Å². The molecule has 0 aliphatic carbocycles. The molecule has 4 N–H and O–H groups in total. The SMILES string of the molecule is Cc1ccc([C@H]2[C@H]([N+](=O)[O-])[C@@H](c3ccccc3)N[C@H]2C(=O)NC(CC(C)C)B(O)O)cc1. The van der Waals surface area contributed by atoms with Gasteiger partial charge in [0.25, 0.3) is 0 Å². The summed E-state index contributed by atoms with van der Waals surface area (Å²) in [5.74, 6) is -1.96. The largest absolute Gasteiger partial charge is 0.475 e. The molecule has 1 unspecified atom stereocenters. The number of nitrogens with one attached hydrogen (secondary N) is 2. The van der Waals surface area contributed by atoms with E-state index < -0.39 is 43.0 Å². The van der Waals surface area contributed by atoms with Gasteiger partial charge >= 0.3 is 7.12 Å². The van der Waals surface area contributed by atoms with E-state index in [0.29, 0.717) is 12.0 Å². The van der Waals surface area contributed by atoms with E-state index >= 15 is 0 Å². The van der Waals surface area contributed by atoms with Crippen molar-refractivity contribution in [3.8, 4) is 0 Å². The average molecular weight is 439 g/mol. The fourth-order valence-electron chi connectivity index (χ4n) is 4.46. The number of aryl methyl sites for hydroxylation is 1. The molecule has 0 bridgehead atoms. The second kappa shape index (κ2) is 10.2. The molecule has 170 valence electrons. The minimum atomic E-state index is -1.73. The maximum Gasteiger partial charge on any atom is 0.475 e. The average Bonchev–Trinajstić information content (AvgIpc) is 3.15. The van der Waals surface area contributed by atoms with Gasteiger partial charge in [-0.1, -0.05) is 74.0 Å². The molecule has 1 fully saturated rings. The third-order valence-electron chi connectivity index (χ3n) is 5.99. The Balaban J connectivity index is 2.00. The van der Waals surface area contributed by atoms with Gasteiger partial charge in [0.15, 0.2) is 0 Å². The summed E-state index contributed by atoms with van der Waals surface area (Å²) in [6.45, 7) is 5.76. The first-order chi connectivity index (χ1) is 15.2. The van der Waals surface area contributed by atoms with Gasteiger partial charge in [-0.15, -0.1) is 0 Å². The highest BCUT2D eigenvalue weighted by Gasteiger charge is 2.54. The van der Waals surface area contributed by atoms with Crippen LogP contribution < -0.4 is 10.6 Å². The van der Waals surface area contributed by atoms with E-state index in [1.54, 1.807) is 12.1 Å². The van der Waals surface area contributed by atoms with Crippen LogP contribution in [0.2, 0.25) is 0 Å². The van der Waals surface area contributed by atoms with Crippen molar-refractivity contribution < 1.29 is 19.8 Å². The topological polar surface area (TPSA) is 125 Å². The van der Waals surface area contributed by atoms with Crippen LogP contribution in [0, 0.1) is 23.0 Å². The molecule has 5 atom stereocenters. The summed E-state index contributed by atoms with van der Waals surface area (Å²) >= 11 is 0. The quantitative estimate of drug-likeness (QED) is 0.283.